The summed E-state index contributed by atoms with van der Waals surface area (Å²) in [6.45, 7) is 2.89. The van der Waals surface area contributed by atoms with Gasteiger partial charge in [0.25, 0.3) is 10.0 Å². The number of anilines is 2. The molecule has 2 aromatic carbocycles. The van der Waals surface area contributed by atoms with Crippen LogP contribution in [0.5, 0.6) is 0 Å². The van der Waals surface area contributed by atoms with E-state index in [4.69, 9.17) is 0 Å². The van der Waals surface area contributed by atoms with Crippen molar-refractivity contribution >= 4 is 27.4 Å². The third-order valence-corrected chi connectivity index (χ3v) is 5.19. The number of hydrogen-bond acceptors (Lipinski definition) is 3. The van der Waals surface area contributed by atoms with E-state index in [1.165, 1.54) is 0 Å². The smallest absolute Gasteiger partial charge is 0.321 e. The molecule has 0 aliphatic carbocycles. The lowest BCUT2D eigenvalue weighted by Crippen LogP contribution is -2.27. The van der Waals surface area contributed by atoms with Gasteiger partial charge in [-0.15, -0.1) is 0 Å². The van der Waals surface area contributed by atoms with Gasteiger partial charge in [0.1, 0.15) is 0 Å². The minimum absolute atomic E-state index is 0.177. The molecule has 7 heteroatoms. The number of carbonyl (C=O) groups is 1. The SMILES string of the molecule is Cc1ccccc1S(=O)(=O)Nc1cccc(N2CCNC2=O)c1. The number of urea groups is 1. The summed E-state index contributed by atoms with van der Waals surface area (Å²) in [5.41, 5.74) is 1.76. The number of sulfonamides is 1. The maximum atomic E-state index is 12.5. The highest BCUT2D eigenvalue weighted by Gasteiger charge is 2.22. The molecule has 0 bridgehead atoms. The summed E-state index contributed by atoms with van der Waals surface area (Å²) in [4.78, 5) is 13.5. The van der Waals surface area contributed by atoms with Crippen LogP contribution in [0.2, 0.25) is 0 Å². The number of benzene rings is 2. The van der Waals surface area contributed by atoms with Gasteiger partial charge < -0.3 is 5.32 Å². The predicted octanol–water partition coefficient (Wildman–Crippen LogP) is 2.33. The molecule has 23 heavy (non-hydrogen) atoms. The lowest BCUT2D eigenvalue weighted by Gasteiger charge is -2.16. The van der Waals surface area contributed by atoms with Crippen LogP contribution in [0, 0.1) is 6.92 Å². The standard InChI is InChI=1S/C16H17N3O3S/c1-12-5-2-3-8-15(12)23(21,22)18-13-6-4-7-14(11-13)19-10-9-17-16(19)20/h2-8,11,18H,9-10H2,1H3,(H,17,20). The molecule has 0 spiro atoms. The maximum absolute atomic E-state index is 12.5. The molecule has 0 radical (unpaired) electrons. The lowest BCUT2D eigenvalue weighted by molar-refractivity contribution is 0.252. The normalized spacial score (nSPS) is 14.7. The first-order valence-corrected chi connectivity index (χ1v) is 8.69. The molecule has 3 rings (SSSR count). The topological polar surface area (TPSA) is 78.5 Å². The van der Waals surface area contributed by atoms with Crippen LogP contribution in [-0.2, 0) is 10.0 Å². The Morgan fingerprint density at radius 2 is 1.91 bits per heavy atom. The number of rotatable bonds is 4. The monoisotopic (exact) mass is 331 g/mol. The Morgan fingerprint density at radius 3 is 2.61 bits per heavy atom. The van der Waals surface area contributed by atoms with E-state index < -0.39 is 10.0 Å². The molecule has 2 N–H and O–H groups in total. The van der Waals surface area contributed by atoms with Gasteiger partial charge in [0, 0.05) is 18.8 Å². The van der Waals surface area contributed by atoms with Gasteiger partial charge in [-0.3, -0.25) is 9.62 Å². The third kappa shape index (κ3) is 3.14. The minimum Gasteiger partial charge on any atom is -0.336 e. The molecule has 1 saturated heterocycles. The Hall–Kier alpha value is -2.54. The summed E-state index contributed by atoms with van der Waals surface area (Å²) in [6.07, 6.45) is 0. The summed E-state index contributed by atoms with van der Waals surface area (Å²) in [5, 5.41) is 2.72. The van der Waals surface area contributed by atoms with Crippen molar-refractivity contribution in [1.82, 2.24) is 5.32 Å². The fraction of sp³-hybridized carbons (Fsp3) is 0.188. The number of hydrogen-bond donors (Lipinski definition) is 2. The van der Waals surface area contributed by atoms with E-state index in [9.17, 15) is 13.2 Å². The van der Waals surface area contributed by atoms with E-state index >= 15 is 0 Å². The molecule has 1 heterocycles. The Kier molecular flexibility index (Phi) is 3.96. The van der Waals surface area contributed by atoms with Gasteiger partial charge in [-0.25, -0.2) is 13.2 Å². The second kappa shape index (κ2) is 5.92. The van der Waals surface area contributed by atoms with Crippen molar-refractivity contribution in [3.05, 3.63) is 54.1 Å². The number of nitrogens with zero attached hydrogens (tertiary/aromatic N) is 1. The number of carbonyl (C=O) groups excluding carboxylic acids is 1. The van der Waals surface area contributed by atoms with E-state index in [0.717, 1.165) is 0 Å². The highest BCUT2D eigenvalue weighted by Crippen LogP contribution is 2.24. The summed E-state index contributed by atoms with van der Waals surface area (Å²) in [7, 11) is -3.67. The van der Waals surface area contributed by atoms with Crippen molar-refractivity contribution in [2.45, 2.75) is 11.8 Å². The van der Waals surface area contributed by atoms with Crippen LogP contribution in [-0.4, -0.2) is 27.5 Å². The Balaban J connectivity index is 1.89. The van der Waals surface area contributed by atoms with Crippen molar-refractivity contribution in [2.24, 2.45) is 0 Å². The van der Waals surface area contributed by atoms with Crippen LogP contribution in [0.15, 0.2) is 53.4 Å². The molecule has 1 aliphatic rings. The molecule has 6 nitrogen and oxygen atoms in total. The van der Waals surface area contributed by atoms with Gasteiger partial charge in [0.15, 0.2) is 0 Å². The predicted molar refractivity (Wildman–Crippen MR) is 89.2 cm³/mol. The summed E-state index contributed by atoms with van der Waals surface area (Å²) < 4.78 is 27.6. The van der Waals surface area contributed by atoms with Crippen molar-refractivity contribution in [2.75, 3.05) is 22.7 Å². The zero-order valence-electron chi connectivity index (χ0n) is 12.6. The van der Waals surface area contributed by atoms with Gasteiger partial charge >= 0.3 is 6.03 Å². The Bertz CT molecular complexity index is 849. The minimum atomic E-state index is -3.67. The zero-order chi connectivity index (χ0) is 16.4. The van der Waals surface area contributed by atoms with Crippen molar-refractivity contribution in [1.29, 1.82) is 0 Å². The van der Waals surface area contributed by atoms with Crippen LogP contribution in [0.4, 0.5) is 16.2 Å². The summed E-state index contributed by atoms with van der Waals surface area (Å²) >= 11 is 0. The highest BCUT2D eigenvalue weighted by atomic mass is 32.2. The molecule has 0 aromatic heterocycles. The van der Waals surface area contributed by atoms with Crippen LogP contribution in [0.1, 0.15) is 5.56 Å². The van der Waals surface area contributed by atoms with Crippen molar-refractivity contribution in [3.63, 3.8) is 0 Å². The van der Waals surface area contributed by atoms with E-state index in [1.807, 2.05) is 0 Å². The number of nitrogens with one attached hydrogen (secondary N) is 2. The molecule has 0 saturated carbocycles. The Morgan fingerprint density at radius 1 is 1.13 bits per heavy atom. The average molecular weight is 331 g/mol. The van der Waals surface area contributed by atoms with E-state index in [1.54, 1.807) is 60.4 Å². The van der Waals surface area contributed by atoms with E-state index in [0.29, 0.717) is 30.0 Å². The quantitative estimate of drug-likeness (QED) is 0.902. The van der Waals surface area contributed by atoms with E-state index in [-0.39, 0.29) is 10.9 Å². The molecule has 2 amide bonds. The van der Waals surface area contributed by atoms with Crippen molar-refractivity contribution < 1.29 is 13.2 Å². The molecule has 2 aromatic rings. The summed E-state index contributed by atoms with van der Waals surface area (Å²) in [6, 6.07) is 13.4. The first kappa shape index (κ1) is 15.4. The number of amides is 2. The molecule has 0 unspecified atom stereocenters. The average Bonchev–Trinajstić information content (AvgIpc) is 2.93. The third-order valence-electron chi connectivity index (χ3n) is 3.65. The van der Waals surface area contributed by atoms with Crippen LogP contribution < -0.4 is 14.9 Å². The lowest BCUT2D eigenvalue weighted by atomic mass is 10.2. The van der Waals surface area contributed by atoms with Gasteiger partial charge in [-0.1, -0.05) is 24.3 Å². The van der Waals surface area contributed by atoms with Gasteiger partial charge in [-0.2, -0.15) is 0 Å². The first-order chi connectivity index (χ1) is 11.0. The molecular weight excluding hydrogens is 314 g/mol. The second-order valence-electron chi connectivity index (χ2n) is 5.30. The Labute approximate surface area is 135 Å². The molecule has 0 atom stereocenters. The van der Waals surface area contributed by atoms with Crippen LogP contribution in [0.3, 0.4) is 0 Å². The fourth-order valence-corrected chi connectivity index (χ4v) is 3.82. The molecular formula is C16H17N3O3S. The van der Waals surface area contributed by atoms with Gasteiger partial charge in [0.05, 0.1) is 10.6 Å². The fourth-order valence-electron chi connectivity index (χ4n) is 2.52. The van der Waals surface area contributed by atoms with E-state index in [2.05, 4.69) is 10.0 Å². The summed E-state index contributed by atoms with van der Waals surface area (Å²) in [5.74, 6) is 0. The van der Waals surface area contributed by atoms with Crippen LogP contribution >= 0.6 is 0 Å². The second-order valence-corrected chi connectivity index (χ2v) is 6.96. The molecule has 1 fully saturated rings. The molecule has 1 aliphatic heterocycles. The highest BCUT2D eigenvalue weighted by molar-refractivity contribution is 7.92. The van der Waals surface area contributed by atoms with Crippen molar-refractivity contribution in [3.8, 4) is 0 Å². The first-order valence-electron chi connectivity index (χ1n) is 7.21. The largest absolute Gasteiger partial charge is 0.336 e. The van der Waals surface area contributed by atoms with Crippen LogP contribution in [0.25, 0.3) is 0 Å². The number of aryl methyl sites for hydroxylation is 1. The maximum Gasteiger partial charge on any atom is 0.321 e. The molecule has 120 valence electrons. The van der Waals surface area contributed by atoms with Gasteiger partial charge in [-0.05, 0) is 36.8 Å². The zero-order valence-corrected chi connectivity index (χ0v) is 13.4. The van der Waals surface area contributed by atoms with Gasteiger partial charge in [0.2, 0.25) is 0 Å².